The Bertz CT molecular complexity index is 719. The molecule has 0 unspecified atom stereocenters. The highest BCUT2D eigenvalue weighted by Crippen LogP contribution is 2.20. The van der Waals surface area contributed by atoms with E-state index in [2.05, 4.69) is 21.9 Å². The Morgan fingerprint density at radius 2 is 2.11 bits per heavy atom. The van der Waals surface area contributed by atoms with E-state index in [0.717, 1.165) is 22.6 Å². The van der Waals surface area contributed by atoms with Crippen molar-refractivity contribution in [1.82, 2.24) is 0 Å². The number of rotatable bonds is 3. The number of azide groups is 1. The zero-order valence-corrected chi connectivity index (χ0v) is 10.2. The van der Waals surface area contributed by atoms with E-state index in [1.54, 1.807) is 6.07 Å². The van der Waals surface area contributed by atoms with E-state index in [1.807, 2.05) is 30.3 Å². The van der Waals surface area contributed by atoms with Gasteiger partial charge in [0, 0.05) is 29.0 Å². The van der Waals surface area contributed by atoms with Crippen LogP contribution in [-0.4, -0.2) is 12.8 Å². The minimum absolute atomic E-state index is 0.338. The van der Waals surface area contributed by atoms with E-state index in [-0.39, 0.29) is 0 Å². The van der Waals surface area contributed by atoms with Crippen LogP contribution in [0.25, 0.3) is 21.2 Å². The zero-order valence-electron chi connectivity index (χ0n) is 10.2. The first-order valence-corrected chi connectivity index (χ1v) is 5.83. The highest BCUT2D eigenvalue weighted by Gasteiger charge is 2.03. The molecule has 0 aliphatic carbocycles. The molecule has 0 amide bonds. The van der Waals surface area contributed by atoms with Gasteiger partial charge in [0.2, 0.25) is 0 Å². The first-order chi connectivity index (χ1) is 9.36. The molecule has 92 valence electrons. The van der Waals surface area contributed by atoms with Crippen molar-refractivity contribution in [2.75, 3.05) is 6.54 Å². The predicted molar refractivity (Wildman–Crippen MR) is 74.8 cm³/mol. The Balaban J connectivity index is 2.44. The molecule has 0 bridgehead atoms. The van der Waals surface area contributed by atoms with E-state index in [9.17, 15) is 4.79 Å². The van der Waals surface area contributed by atoms with Crippen molar-refractivity contribution >= 4 is 17.1 Å². The molecule has 0 spiro atoms. The van der Waals surface area contributed by atoms with Crippen LogP contribution in [0.1, 0.15) is 22.3 Å². The number of hydrogen-bond acceptors (Lipinski definition) is 2. The first-order valence-electron chi connectivity index (χ1n) is 5.83. The molecule has 0 atom stereocenters. The topological polar surface area (TPSA) is 65.8 Å². The van der Waals surface area contributed by atoms with Gasteiger partial charge in [-0.2, -0.15) is 0 Å². The summed E-state index contributed by atoms with van der Waals surface area (Å²) in [5.41, 5.74) is 9.48. The normalized spacial score (nSPS) is 9.26. The van der Waals surface area contributed by atoms with Crippen LogP contribution in [0, 0.1) is 11.8 Å². The Labute approximate surface area is 110 Å². The Kier molecular flexibility index (Phi) is 4.17. The monoisotopic (exact) mass is 249 g/mol. The molecule has 0 aliphatic heterocycles. The molecule has 0 aliphatic rings. The second kappa shape index (κ2) is 6.25. The van der Waals surface area contributed by atoms with Crippen LogP contribution < -0.4 is 0 Å². The van der Waals surface area contributed by atoms with Gasteiger partial charge >= 0.3 is 0 Å². The molecular formula is C15H11N3O. The zero-order chi connectivity index (χ0) is 13.5. The van der Waals surface area contributed by atoms with Gasteiger partial charge in [-0.3, -0.25) is 4.79 Å². The smallest absolute Gasteiger partial charge is 0.151 e. The van der Waals surface area contributed by atoms with Gasteiger partial charge in [-0.1, -0.05) is 47.3 Å². The summed E-state index contributed by atoms with van der Waals surface area (Å²) in [5, 5.41) is 5.43. The summed E-state index contributed by atoms with van der Waals surface area (Å²) in [7, 11) is 0. The number of aldehydes is 1. The third kappa shape index (κ3) is 2.92. The second-order valence-corrected chi connectivity index (χ2v) is 3.88. The summed E-state index contributed by atoms with van der Waals surface area (Å²) in [6.07, 6.45) is 1.29. The lowest BCUT2D eigenvalue weighted by Gasteiger charge is -2.03. The summed E-state index contributed by atoms with van der Waals surface area (Å²) in [6, 6.07) is 11.5. The number of nitrogens with zero attached hydrogens (tertiary/aromatic N) is 3. The molecule has 0 radical (unpaired) electrons. The fraction of sp³-hybridized carbons (Fsp3) is 0.133. The number of hydrogen-bond donors (Lipinski definition) is 0. The first kappa shape index (κ1) is 12.7. The van der Waals surface area contributed by atoms with Gasteiger partial charge in [0.05, 0.1) is 0 Å². The lowest BCUT2D eigenvalue weighted by molar-refractivity contribution is 0.112. The van der Waals surface area contributed by atoms with Crippen molar-refractivity contribution in [2.24, 2.45) is 5.11 Å². The van der Waals surface area contributed by atoms with E-state index in [1.165, 1.54) is 0 Å². The van der Waals surface area contributed by atoms with E-state index < -0.39 is 0 Å². The minimum atomic E-state index is 0.338. The Morgan fingerprint density at radius 3 is 2.89 bits per heavy atom. The van der Waals surface area contributed by atoms with Gasteiger partial charge < -0.3 is 0 Å². The van der Waals surface area contributed by atoms with Gasteiger partial charge in [-0.15, -0.1) is 0 Å². The lowest BCUT2D eigenvalue weighted by Crippen LogP contribution is -1.89. The van der Waals surface area contributed by atoms with E-state index in [4.69, 9.17) is 5.53 Å². The average molecular weight is 249 g/mol. The maximum atomic E-state index is 11.1. The molecule has 2 aromatic carbocycles. The number of fused-ring (bicyclic) bond motifs is 1. The van der Waals surface area contributed by atoms with Crippen molar-refractivity contribution in [2.45, 2.75) is 6.42 Å². The number of benzene rings is 2. The van der Waals surface area contributed by atoms with Gasteiger partial charge in [0.25, 0.3) is 0 Å². The maximum Gasteiger partial charge on any atom is 0.151 e. The minimum Gasteiger partial charge on any atom is -0.298 e. The van der Waals surface area contributed by atoms with Crippen molar-refractivity contribution < 1.29 is 4.79 Å². The molecule has 0 N–H and O–H groups in total. The standard InChI is InChI=1S/C15H11N3O/c16-18-17-10-4-3-7-15-13(11-19)9-8-12-5-1-2-6-14(12)15/h1-2,5-6,8-9,11H,4,10H2. The highest BCUT2D eigenvalue weighted by atomic mass is 16.1. The average Bonchev–Trinajstić information content (AvgIpc) is 2.47. The van der Waals surface area contributed by atoms with Gasteiger partial charge in [0.1, 0.15) is 0 Å². The second-order valence-electron chi connectivity index (χ2n) is 3.88. The summed E-state index contributed by atoms with van der Waals surface area (Å²) in [5.74, 6) is 5.93. The molecule has 19 heavy (non-hydrogen) atoms. The third-order valence-electron chi connectivity index (χ3n) is 2.70. The van der Waals surface area contributed by atoms with Crippen molar-refractivity contribution in [3.05, 3.63) is 58.0 Å². The molecule has 2 rings (SSSR count). The fourth-order valence-electron chi connectivity index (χ4n) is 1.83. The van der Waals surface area contributed by atoms with Crippen LogP contribution in [0.2, 0.25) is 0 Å². The quantitative estimate of drug-likeness (QED) is 0.204. The third-order valence-corrected chi connectivity index (χ3v) is 2.70. The summed E-state index contributed by atoms with van der Waals surface area (Å²) in [4.78, 5) is 13.7. The molecule has 2 aromatic rings. The number of carbonyl (C=O) groups is 1. The van der Waals surface area contributed by atoms with Crippen molar-refractivity contribution in [3.8, 4) is 11.8 Å². The van der Waals surface area contributed by atoms with Crippen LogP contribution in [0.4, 0.5) is 0 Å². The van der Waals surface area contributed by atoms with E-state index >= 15 is 0 Å². The van der Waals surface area contributed by atoms with Crippen LogP contribution >= 0.6 is 0 Å². The predicted octanol–water partition coefficient (Wildman–Crippen LogP) is 3.70. The molecule has 0 saturated heterocycles. The Hall–Kier alpha value is -2.76. The van der Waals surface area contributed by atoms with Crippen LogP contribution in [-0.2, 0) is 0 Å². The molecule has 0 fully saturated rings. The molecule has 4 nitrogen and oxygen atoms in total. The molecule has 4 heteroatoms. The molecule has 0 saturated carbocycles. The molecule has 0 aromatic heterocycles. The van der Waals surface area contributed by atoms with Gasteiger partial charge in [-0.25, -0.2) is 0 Å². The van der Waals surface area contributed by atoms with Crippen LogP contribution in [0.3, 0.4) is 0 Å². The van der Waals surface area contributed by atoms with Crippen molar-refractivity contribution in [3.63, 3.8) is 0 Å². The van der Waals surface area contributed by atoms with Crippen LogP contribution in [0.5, 0.6) is 0 Å². The van der Waals surface area contributed by atoms with Crippen LogP contribution in [0.15, 0.2) is 41.5 Å². The maximum absolute atomic E-state index is 11.1. The molecule has 0 heterocycles. The van der Waals surface area contributed by atoms with E-state index in [0.29, 0.717) is 18.5 Å². The summed E-state index contributed by atoms with van der Waals surface area (Å²) >= 11 is 0. The number of carbonyl (C=O) groups excluding carboxylic acids is 1. The SMILES string of the molecule is [N-]=[N+]=NCCC#Cc1c(C=O)ccc2ccccc12. The van der Waals surface area contributed by atoms with Gasteiger partial charge in [0.15, 0.2) is 6.29 Å². The Morgan fingerprint density at radius 1 is 1.26 bits per heavy atom. The van der Waals surface area contributed by atoms with Gasteiger partial charge in [-0.05, 0) is 22.4 Å². The highest BCUT2D eigenvalue weighted by molar-refractivity contribution is 5.95. The summed E-state index contributed by atoms with van der Waals surface area (Å²) < 4.78 is 0. The fourth-order valence-corrected chi connectivity index (χ4v) is 1.83. The molecular weight excluding hydrogens is 238 g/mol. The largest absolute Gasteiger partial charge is 0.298 e. The lowest BCUT2D eigenvalue weighted by atomic mass is 10.00. The van der Waals surface area contributed by atoms with Crippen molar-refractivity contribution in [1.29, 1.82) is 0 Å². The summed E-state index contributed by atoms with van der Waals surface area (Å²) in [6.45, 7) is 0.338.